The molecule has 0 saturated carbocycles. The first kappa shape index (κ1) is 12.3. The van der Waals surface area contributed by atoms with Crippen LogP contribution in [0.15, 0.2) is 24.3 Å². The van der Waals surface area contributed by atoms with E-state index in [9.17, 15) is 8.42 Å². The van der Waals surface area contributed by atoms with Gasteiger partial charge in [0.05, 0.1) is 5.69 Å². The monoisotopic (exact) mass is 255 g/mol. The van der Waals surface area contributed by atoms with Gasteiger partial charge in [-0.2, -0.15) is 13.1 Å². The van der Waals surface area contributed by atoms with Crippen molar-refractivity contribution < 1.29 is 8.42 Å². The average Bonchev–Trinajstić information content (AvgIpc) is 2.30. The van der Waals surface area contributed by atoms with Crippen LogP contribution in [0.4, 0.5) is 5.69 Å². The fraction of sp³-hybridized carbons (Fsp3) is 0.455. The second-order valence-electron chi connectivity index (χ2n) is 4.27. The van der Waals surface area contributed by atoms with Crippen LogP contribution in [0, 0.1) is 12.8 Å². The highest BCUT2D eigenvalue weighted by atomic mass is 32.2. The summed E-state index contributed by atoms with van der Waals surface area (Å²) in [6.07, 6.45) is 0. The predicted octanol–water partition coefficient (Wildman–Crippen LogP) is 0.224. The van der Waals surface area contributed by atoms with Crippen LogP contribution in [0.25, 0.3) is 0 Å². The number of hydrogen-bond donors (Lipinski definition) is 2. The van der Waals surface area contributed by atoms with E-state index in [1.807, 2.05) is 31.2 Å². The third-order valence-electron chi connectivity index (χ3n) is 2.99. The SMILES string of the molecule is Cc1ccccc1N1CC(CN)CNS1(=O)=O. The molecule has 0 amide bonds. The molecule has 0 radical (unpaired) electrons. The lowest BCUT2D eigenvalue weighted by Crippen LogP contribution is -2.53. The van der Waals surface area contributed by atoms with E-state index in [0.717, 1.165) is 11.3 Å². The van der Waals surface area contributed by atoms with Gasteiger partial charge in [0.1, 0.15) is 0 Å². The van der Waals surface area contributed by atoms with Crippen LogP contribution in [0.3, 0.4) is 0 Å². The summed E-state index contributed by atoms with van der Waals surface area (Å²) in [5.74, 6) is 0.151. The summed E-state index contributed by atoms with van der Waals surface area (Å²) in [7, 11) is -3.41. The van der Waals surface area contributed by atoms with E-state index in [1.165, 1.54) is 4.31 Å². The maximum absolute atomic E-state index is 12.0. The Balaban J connectivity index is 2.37. The van der Waals surface area contributed by atoms with Crippen molar-refractivity contribution in [2.45, 2.75) is 6.92 Å². The van der Waals surface area contributed by atoms with Crippen molar-refractivity contribution in [3.8, 4) is 0 Å². The molecule has 5 nitrogen and oxygen atoms in total. The molecule has 0 aliphatic carbocycles. The maximum atomic E-state index is 12.0. The molecule has 1 aromatic carbocycles. The Hall–Kier alpha value is -1.11. The summed E-state index contributed by atoms with van der Waals surface area (Å²) in [5, 5.41) is 0. The molecule has 0 bridgehead atoms. The first-order valence-corrected chi connectivity index (χ1v) is 7.01. The number of nitrogens with one attached hydrogen (secondary N) is 1. The summed E-state index contributed by atoms with van der Waals surface area (Å²) in [5.41, 5.74) is 7.27. The molecule has 1 fully saturated rings. The Morgan fingerprint density at radius 3 is 2.82 bits per heavy atom. The normalized spacial score (nSPS) is 23.6. The van der Waals surface area contributed by atoms with Gasteiger partial charge in [-0.3, -0.25) is 4.31 Å². The van der Waals surface area contributed by atoms with Crippen LogP contribution in [-0.4, -0.2) is 28.1 Å². The van der Waals surface area contributed by atoms with Gasteiger partial charge in [-0.15, -0.1) is 0 Å². The summed E-state index contributed by atoms with van der Waals surface area (Å²) in [6, 6.07) is 7.44. The lowest BCUT2D eigenvalue weighted by molar-refractivity contribution is 0.486. The van der Waals surface area contributed by atoms with Crippen LogP contribution in [0.2, 0.25) is 0 Å². The zero-order chi connectivity index (χ0) is 12.5. The number of benzene rings is 1. The Bertz CT molecular complexity index is 501. The van der Waals surface area contributed by atoms with Gasteiger partial charge < -0.3 is 5.73 Å². The fourth-order valence-corrected chi connectivity index (χ4v) is 3.40. The molecule has 1 saturated heterocycles. The van der Waals surface area contributed by atoms with E-state index < -0.39 is 10.2 Å². The van der Waals surface area contributed by atoms with Crippen LogP contribution in [0.5, 0.6) is 0 Å². The van der Waals surface area contributed by atoms with Crippen molar-refractivity contribution in [1.82, 2.24) is 4.72 Å². The van der Waals surface area contributed by atoms with Crippen molar-refractivity contribution in [2.75, 3.05) is 23.9 Å². The number of para-hydroxylation sites is 1. The molecule has 1 aromatic rings. The van der Waals surface area contributed by atoms with Crippen LogP contribution in [0.1, 0.15) is 5.56 Å². The number of nitrogens with zero attached hydrogens (tertiary/aromatic N) is 1. The van der Waals surface area contributed by atoms with E-state index in [0.29, 0.717) is 19.6 Å². The Labute approximate surface area is 102 Å². The Morgan fingerprint density at radius 2 is 2.18 bits per heavy atom. The first-order chi connectivity index (χ1) is 8.04. The molecule has 0 spiro atoms. The number of hydrogen-bond acceptors (Lipinski definition) is 3. The van der Waals surface area contributed by atoms with Gasteiger partial charge in [-0.1, -0.05) is 18.2 Å². The molecular formula is C11H17N3O2S. The minimum absolute atomic E-state index is 0.151. The molecular weight excluding hydrogens is 238 g/mol. The maximum Gasteiger partial charge on any atom is 0.301 e. The topological polar surface area (TPSA) is 75.4 Å². The van der Waals surface area contributed by atoms with Crippen molar-refractivity contribution in [1.29, 1.82) is 0 Å². The summed E-state index contributed by atoms with van der Waals surface area (Å²) in [4.78, 5) is 0. The molecule has 1 aliphatic rings. The predicted molar refractivity (Wildman–Crippen MR) is 68.0 cm³/mol. The Morgan fingerprint density at radius 1 is 1.47 bits per heavy atom. The smallest absolute Gasteiger partial charge is 0.301 e. The highest BCUT2D eigenvalue weighted by Crippen LogP contribution is 2.24. The minimum atomic E-state index is -3.41. The molecule has 3 N–H and O–H groups in total. The number of aryl methyl sites for hydroxylation is 1. The second-order valence-corrected chi connectivity index (χ2v) is 5.95. The number of nitrogens with two attached hydrogens (primary N) is 1. The zero-order valence-corrected chi connectivity index (χ0v) is 10.6. The molecule has 1 aliphatic heterocycles. The van der Waals surface area contributed by atoms with Gasteiger partial charge in [0, 0.05) is 19.0 Å². The van der Waals surface area contributed by atoms with Gasteiger partial charge in [0.2, 0.25) is 0 Å². The quantitative estimate of drug-likeness (QED) is 0.794. The minimum Gasteiger partial charge on any atom is -0.330 e. The van der Waals surface area contributed by atoms with E-state index in [-0.39, 0.29) is 5.92 Å². The molecule has 6 heteroatoms. The largest absolute Gasteiger partial charge is 0.330 e. The van der Waals surface area contributed by atoms with Crippen LogP contribution < -0.4 is 14.8 Å². The van der Waals surface area contributed by atoms with Gasteiger partial charge in [-0.05, 0) is 25.1 Å². The first-order valence-electron chi connectivity index (χ1n) is 5.57. The summed E-state index contributed by atoms with van der Waals surface area (Å²) in [6.45, 7) is 3.24. The third kappa shape index (κ3) is 2.43. The van der Waals surface area contributed by atoms with Crippen molar-refractivity contribution >= 4 is 15.9 Å². The summed E-state index contributed by atoms with van der Waals surface area (Å²) < 4.78 is 27.9. The van der Waals surface area contributed by atoms with Crippen molar-refractivity contribution in [3.63, 3.8) is 0 Å². The van der Waals surface area contributed by atoms with Gasteiger partial charge in [0.15, 0.2) is 0 Å². The fourth-order valence-electron chi connectivity index (χ4n) is 1.93. The van der Waals surface area contributed by atoms with Gasteiger partial charge in [0.25, 0.3) is 0 Å². The van der Waals surface area contributed by atoms with E-state index >= 15 is 0 Å². The van der Waals surface area contributed by atoms with E-state index in [2.05, 4.69) is 4.72 Å². The van der Waals surface area contributed by atoms with Gasteiger partial charge >= 0.3 is 10.2 Å². The van der Waals surface area contributed by atoms with E-state index in [1.54, 1.807) is 0 Å². The lowest BCUT2D eigenvalue weighted by Gasteiger charge is -2.34. The number of rotatable bonds is 2. The second kappa shape index (κ2) is 4.64. The van der Waals surface area contributed by atoms with Crippen molar-refractivity contribution in [2.24, 2.45) is 11.7 Å². The number of anilines is 1. The average molecular weight is 255 g/mol. The molecule has 1 atom stereocenters. The van der Waals surface area contributed by atoms with Crippen molar-refractivity contribution in [3.05, 3.63) is 29.8 Å². The summed E-state index contributed by atoms with van der Waals surface area (Å²) >= 11 is 0. The lowest BCUT2D eigenvalue weighted by atomic mass is 10.1. The molecule has 17 heavy (non-hydrogen) atoms. The van der Waals surface area contributed by atoms with Gasteiger partial charge in [-0.25, -0.2) is 0 Å². The van der Waals surface area contributed by atoms with E-state index in [4.69, 9.17) is 5.73 Å². The Kier molecular flexibility index (Phi) is 3.37. The molecule has 2 rings (SSSR count). The molecule has 1 heterocycles. The van der Waals surface area contributed by atoms with Crippen LogP contribution >= 0.6 is 0 Å². The molecule has 94 valence electrons. The standard InChI is InChI=1S/C11H17N3O2S/c1-9-4-2-3-5-11(9)14-8-10(6-12)7-13-17(14,15)16/h2-5,10,13H,6-8,12H2,1H3. The zero-order valence-electron chi connectivity index (χ0n) is 9.76. The molecule has 0 aromatic heterocycles. The molecule has 1 unspecified atom stereocenters. The highest BCUT2D eigenvalue weighted by Gasteiger charge is 2.31. The third-order valence-corrected chi connectivity index (χ3v) is 4.44. The van der Waals surface area contributed by atoms with Crippen LogP contribution in [-0.2, 0) is 10.2 Å². The highest BCUT2D eigenvalue weighted by molar-refractivity contribution is 7.90.